The predicted molar refractivity (Wildman–Crippen MR) is 178 cm³/mol. The Morgan fingerprint density at radius 3 is 2.47 bits per heavy atom. The molecule has 244 valence electrons. The zero-order valence-electron chi connectivity index (χ0n) is 26.7. The molecule has 1 aliphatic heterocycles. The largest absolute Gasteiger partial charge is 0.497 e. The minimum absolute atomic E-state index is 0.136. The number of methoxy groups -OCH3 is 2. The molecule has 1 aliphatic rings. The molecule has 0 saturated carbocycles. The van der Waals surface area contributed by atoms with E-state index in [1.807, 2.05) is 26.8 Å². The van der Waals surface area contributed by atoms with Crippen molar-refractivity contribution in [2.24, 2.45) is 4.99 Å². The molecular formula is C33H33N5O7S2. The smallest absolute Gasteiger partial charge is 0.338 e. The Morgan fingerprint density at radius 2 is 1.83 bits per heavy atom. The minimum atomic E-state index is -0.926. The van der Waals surface area contributed by atoms with E-state index in [2.05, 4.69) is 9.97 Å². The highest BCUT2D eigenvalue weighted by Gasteiger charge is 2.36. The number of esters is 1. The van der Waals surface area contributed by atoms with Crippen LogP contribution in [0.15, 0.2) is 73.6 Å². The lowest BCUT2D eigenvalue weighted by Gasteiger charge is -2.27. The number of aryl methyl sites for hydroxylation is 2. The summed E-state index contributed by atoms with van der Waals surface area (Å²) >= 11 is 2.23. The third-order valence-corrected chi connectivity index (χ3v) is 9.18. The second-order valence-electron chi connectivity index (χ2n) is 10.5. The normalized spacial score (nSPS) is 14.4. The lowest BCUT2D eigenvalue weighted by Crippen LogP contribution is -2.40. The first-order valence-electron chi connectivity index (χ1n) is 14.8. The van der Waals surface area contributed by atoms with E-state index in [1.54, 1.807) is 43.3 Å². The van der Waals surface area contributed by atoms with Crippen molar-refractivity contribution in [1.82, 2.24) is 14.5 Å². The van der Waals surface area contributed by atoms with Crippen LogP contribution in [0.3, 0.4) is 0 Å². The van der Waals surface area contributed by atoms with Crippen molar-refractivity contribution >= 4 is 40.8 Å². The van der Waals surface area contributed by atoms with Crippen molar-refractivity contribution in [3.05, 3.63) is 106 Å². The van der Waals surface area contributed by atoms with Crippen molar-refractivity contribution in [3.8, 4) is 11.5 Å². The second-order valence-corrected chi connectivity index (χ2v) is 12.6. The van der Waals surface area contributed by atoms with Gasteiger partial charge in [0.15, 0.2) is 9.96 Å². The van der Waals surface area contributed by atoms with E-state index in [4.69, 9.17) is 19.2 Å². The SMILES string of the molecule is CCCC1=C(C(=O)OCC)[C@@H](c2cc(OC)ccc2OC)n2c(s/c(=C\c3ccc(Sc4nc(C)cc(C)n4)c([N+](=O)[O-])c3)c2=O)=N1. The minimum Gasteiger partial charge on any atom is -0.497 e. The molecule has 2 aromatic carbocycles. The van der Waals surface area contributed by atoms with Gasteiger partial charge in [-0.15, -0.1) is 0 Å². The maximum absolute atomic E-state index is 14.2. The van der Waals surface area contributed by atoms with E-state index in [-0.39, 0.29) is 22.4 Å². The van der Waals surface area contributed by atoms with Gasteiger partial charge < -0.3 is 14.2 Å². The van der Waals surface area contributed by atoms with Crippen molar-refractivity contribution in [3.63, 3.8) is 0 Å². The summed E-state index contributed by atoms with van der Waals surface area (Å²) in [5.41, 5.74) is 2.67. The quantitative estimate of drug-likeness (QED) is 0.0914. The van der Waals surface area contributed by atoms with Gasteiger partial charge in [-0.25, -0.2) is 19.8 Å². The van der Waals surface area contributed by atoms with Crippen LogP contribution in [0.2, 0.25) is 0 Å². The molecule has 14 heteroatoms. The first-order valence-corrected chi connectivity index (χ1v) is 16.4. The number of aromatic nitrogens is 3. The zero-order valence-corrected chi connectivity index (χ0v) is 28.4. The van der Waals surface area contributed by atoms with Gasteiger partial charge in [-0.05, 0) is 80.9 Å². The molecule has 0 saturated heterocycles. The predicted octanol–water partition coefficient (Wildman–Crippen LogP) is 5.06. The number of ether oxygens (including phenoxy) is 3. The third-order valence-electron chi connectivity index (χ3n) is 7.26. The lowest BCUT2D eigenvalue weighted by molar-refractivity contribution is -0.387. The Labute approximate surface area is 278 Å². The number of fused-ring (bicyclic) bond motifs is 1. The van der Waals surface area contributed by atoms with Crippen LogP contribution in [0.25, 0.3) is 6.08 Å². The summed E-state index contributed by atoms with van der Waals surface area (Å²) in [4.78, 5) is 53.7. The number of carbonyl (C=O) groups excluding carboxylic acids is 1. The summed E-state index contributed by atoms with van der Waals surface area (Å²) in [5, 5.41) is 12.5. The molecule has 0 fully saturated rings. The van der Waals surface area contributed by atoms with Crippen molar-refractivity contribution in [1.29, 1.82) is 0 Å². The fourth-order valence-corrected chi connectivity index (χ4v) is 7.28. The fraction of sp³-hybridized carbons (Fsp3) is 0.303. The first kappa shape index (κ1) is 33.5. The number of allylic oxidation sites excluding steroid dienone is 1. The van der Waals surface area contributed by atoms with Crippen LogP contribution in [-0.2, 0) is 9.53 Å². The number of hydrogen-bond donors (Lipinski definition) is 0. The average Bonchev–Trinajstić information content (AvgIpc) is 3.34. The molecule has 0 unspecified atom stereocenters. The van der Waals surface area contributed by atoms with Crippen molar-refractivity contribution < 1.29 is 23.9 Å². The molecule has 47 heavy (non-hydrogen) atoms. The highest BCUT2D eigenvalue weighted by molar-refractivity contribution is 7.99. The second kappa shape index (κ2) is 14.3. The number of thiazole rings is 1. The molecule has 0 N–H and O–H groups in total. The van der Waals surface area contributed by atoms with Gasteiger partial charge in [-0.2, -0.15) is 0 Å². The molecule has 12 nitrogen and oxygen atoms in total. The highest BCUT2D eigenvalue weighted by atomic mass is 32.2. The van der Waals surface area contributed by atoms with Gasteiger partial charge in [0.05, 0.1) is 46.4 Å². The molecule has 1 atom stereocenters. The zero-order chi connectivity index (χ0) is 33.8. The van der Waals surface area contributed by atoms with E-state index in [0.29, 0.717) is 56.0 Å². The van der Waals surface area contributed by atoms with Gasteiger partial charge in [0.1, 0.15) is 17.5 Å². The van der Waals surface area contributed by atoms with Crippen LogP contribution < -0.4 is 24.4 Å². The van der Waals surface area contributed by atoms with Gasteiger partial charge in [0, 0.05) is 23.0 Å². The van der Waals surface area contributed by atoms with Gasteiger partial charge in [-0.3, -0.25) is 19.5 Å². The average molecular weight is 676 g/mol. The van der Waals surface area contributed by atoms with Crippen LogP contribution >= 0.6 is 23.1 Å². The number of hydrogen-bond acceptors (Lipinski definition) is 12. The summed E-state index contributed by atoms with van der Waals surface area (Å²) in [6.45, 7) is 7.50. The summed E-state index contributed by atoms with van der Waals surface area (Å²) in [5.74, 6) is 0.374. The maximum Gasteiger partial charge on any atom is 0.338 e. The molecule has 0 amide bonds. The Morgan fingerprint density at radius 1 is 1.09 bits per heavy atom. The molecule has 0 spiro atoms. The molecule has 0 bridgehead atoms. The highest BCUT2D eigenvalue weighted by Crippen LogP contribution is 2.39. The molecule has 0 radical (unpaired) electrons. The van der Waals surface area contributed by atoms with E-state index in [1.165, 1.54) is 24.9 Å². The van der Waals surface area contributed by atoms with Crippen LogP contribution in [-0.4, -0.2) is 46.3 Å². The Hall–Kier alpha value is -4.82. The van der Waals surface area contributed by atoms with Gasteiger partial charge in [0.2, 0.25) is 0 Å². The number of nitrogens with zero attached hydrogens (tertiary/aromatic N) is 5. The van der Waals surface area contributed by atoms with Crippen LogP contribution in [0.1, 0.15) is 55.2 Å². The summed E-state index contributed by atoms with van der Waals surface area (Å²) < 4.78 is 18.4. The molecule has 0 aliphatic carbocycles. The Bertz CT molecular complexity index is 2070. The molecule has 3 heterocycles. The van der Waals surface area contributed by atoms with Crippen LogP contribution in [0, 0.1) is 24.0 Å². The monoisotopic (exact) mass is 675 g/mol. The molecule has 4 aromatic rings. The number of nitro benzene ring substituents is 1. The van der Waals surface area contributed by atoms with Crippen LogP contribution in [0.5, 0.6) is 11.5 Å². The van der Waals surface area contributed by atoms with E-state index < -0.39 is 22.5 Å². The Kier molecular flexibility index (Phi) is 10.2. The van der Waals surface area contributed by atoms with Crippen molar-refractivity contribution in [2.45, 2.75) is 56.6 Å². The van der Waals surface area contributed by atoms with E-state index in [9.17, 15) is 19.7 Å². The number of nitro groups is 1. The molecule has 2 aromatic heterocycles. The van der Waals surface area contributed by atoms with Gasteiger partial charge in [0.25, 0.3) is 11.2 Å². The summed E-state index contributed by atoms with van der Waals surface area (Å²) in [6.07, 6.45) is 2.75. The van der Waals surface area contributed by atoms with Gasteiger partial charge in [-0.1, -0.05) is 30.7 Å². The topological polar surface area (TPSA) is 148 Å². The molecular weight excluding hydrogens is 643 g/mol. The van der Waals surface area contributed by atoms with Gasteiger partial charge >= 0.3 is 5.97 Å². The van der Waals surface area contributed by atoms with Crippen LogP contribution in [0.4, 0.5) is 5.69 Å². The first-order chi connectivity index (χ1) is 22.6. The number of rotatable bonds is 11. The third kappa shape index (κ3) is 6.98. The summed E-state index contributed by atoms with van der Waals surface area (Å²) in [6, 6.07) is 10.8. The summed E-state index contributed by atoms with van der Waals surface area (Å²) in [7, 11) is 3.04. The number of benzene rings is 2. The Balaban J connectivity index is 1.69. The standard InChI is InChI=1S/C33H33N5O7S2/c1-7-9-23-28(31(40)45-8-2)29(22-17-21(43-5)11-12-25(22)44-6)37-30(39)27(47-33(37)36-23)16-20-10-13-26(24(15-20)38(41)42)46-32-34-18(3)14-19(4)35-32/h10-17,29H,7-9H2,1-6H3/b27-16-/t29-/m1/s1. The van der Waals surface area contributed by atoms with E-state index >= 15 is 0 Å². The fourth-order valence-electron chi connectivity index (χ4n) is 5.31. The maximum atomic E-state index is 14.2. The molecule has 5 rings (SSSR count). The van der Waals surface area contributed by atoms with E-state index in [0.717, 1.165) is 34.5 Å². The number of carbonyl (C=O) groups is 1. The lowest BCUT2D eigenvalue weighted by atomic mass is 9.93. The van der Waals surface area contributed by atoms with Crippen molar-refractivity contribution in [2.75, 3.05) is 20.8 Å².